The molecule has 0 radical (unpaired) electrons. The highest BCUT2D eigenvalue weighted by atomic mass is 16.5. The molecule has 0 spiro atoms. The fourth-order valence-corrected chi connectivity index (χ4v) is 2.08. The molecule has 0 aliphatic rings. The second kappa shape index (κ2) is 6.33. The van der Waals surface area contributed by atoms with E-state index in [-0.39, 0.29) is 11.9 Å². The number of hydrogen-bond acceptors (Lipinski definition) is 3. The van der Waals surface area contributed by atoms with Crippen LogP contribution in [0.3, 0.4) is 0 Å². The highest BCUT2D eigenvalue weighted by Gasteiger charge is 2.20. The summed E-state index contributed by atoms with van der Waals surface area (Å²) in [6.07, 6.45) is 1.74. The largest absolute Gasteiger partial charge is 0.467 e. The van der Waals surface area contributed by atoms with Crippen molar-refractivity contribution >= 4 is 23.0 Å². The van der Waals surface area contributed by atoms with Gasteiger partial charge in [0.15, 0.2) is 0 Å². The topological polar surface area (TPSA) is 38.7 Å². The second-order valence-electron chi connectivity index (χ2n) is 5.10. The maximum atomic E-state index is 11.7. The molecule has 0 saturated carbocycles. The van der Waals surface area contributed by atoms with Gasteiger partial charge < -0.3 is 4.74 Å². The molecule has 0 aromatic heterocycles. The Morgan fingerprint density at radius 1 is 1.15 bits per heavy atom. The van der Waals surface area contributed by atoms with E-state index in [1.807, 2.05) is 32.0 Å². The van der Waals surface area contributed by atoms with E-state index in [0.717, 1.165) is 10.9 Å². The van der Waals surface area contributed by atoms with Gasteiger partial charge in [-0.25, -0.2) is 4.79 Å². The molecule has 1 atom stereocenters. The number of fused-ring (bicyclic) bond motifs is 1. The molecule has 0 fully saturated rings. The molecule has 3 heteroatoms. The van der Waals surface area contributed by atoms with Crippen LogP contribution in [-0.2, 0) is 9.53 Å². The molecule has 2 aromatic rings. The van der Waals surface area contributed by atoms with Crippen molar-refractivity contribution in [1.82, 2.24) is 0 Å². The Kier molecular flexibility index (Phi) is 4.51. The van der Waals surface area contributed by atoms with Crippen molar-refractivity contribution in [3.05, 3.63) is 48.0 Å². The van der Waals surface area contributed by atoms with Gasteiger partial charge in [-0.3, -0.25) is 4.99 Å². The average Bonchev–Trinajstić information content (AvgIpc) is 2.46. The number of rotatable bonds is 4. The van der Waals surface area contributed by atoms with E-state index in [1.165, 1.54) is 12.5 Å². The third kappa shape index (κ3) is 3.23. The fourth-order valence-electron chi connectivity index (χ4n) is 2.08. The number of ether oxygens (including phenoxy) is 1. The lowest BCUT2D eigenvalue weighted by molar-refractivity contribution is -0.143. The Morgan fingerprint density at radius 3 is 2.50 bits per heavy atom. The SMILES string of the molecule is COC(=O)C(N=Cc1ccc2ccccc2c1)C(C)C. The lowest BCUT2D eigenvalue weighted by Gasteiger charge is -2.13. The molecular formula is C17H19NO2. The monoisotopic (exact) mass is 269 g/mol. The Morgan fingerprint density at radius 2 is 1.85 bits per heavy atom. The van der Waals surface area contributed by atoms with Gasteiger partial charge in [-0.1, -0.05) is 50.2 Å². The third-order valence-corrected chi connectivity index (χ3v) is 3.23. The summed E-state index contributed by atoms with van der Waals surface area (Å²) in [6.45, 7) is 3.92. The predicted molar refractivity (Wildman–Crippen MR) is 82.2 cm³/mol. The van der Waals surface area contributed by atoms with Crippen molar-refractivity contribution in [2.75, 3.05) is 7.11 Å². The molecule has 0 N–H and O–H groups in total. The highest BCUT2D eigenvalue weighted by molar-refractivity contribution is 5.91. The first-order valence-electron chi connectivity index (χ1n) is 6.71. The van der Waals surface area contributed by atoms with Crippen LogP contribution in [0, 0.1) is 5.92 Å². The van der Waals surface area contributed by atoms with Gasteiger partial charge >= 0.3 is 5.97 Å². The van der Waals surface area contributed by atoms with E-state index in [9.17, 15) is 4.79 Å². The van der Waals surface area contributed by atoms with Crippen LogP contribution in [0.1, 0.15) is 19.4 Å². The van der Waals surface area contributed by atoms with E-state index < -0.39 is 6.04 Å². The molecule has 2 aromatic carbocycles. The van der Waals surface area contributed by atoms with Crippen molar-refractivity contribution in [3.8, 4) is 0 Å². The maximum Gasteiger partial charge on any atom is 0.330 e. The number of benzene rings is 2. The molecule has 104 valence electrons. The lowest BCUT2D eigenvalue weighted by atomic mass is 10.0. The van der Waals surface area contributed by atoms with Crippen LogP contribution in [0.2, 0.25) is 0 Å². The van der Waals surface area contributed by atoms with Crippen LogP contribution in [0.25, 0.3) is 10.8 Å². The molecule has 0 saturated heterocycles. The third-order valence-electron chi connectivity index (χ3n) is 3.23. The molecule has 3 nitrogen and oxygen atoms in total. The van der Waals surface area contributed by atoms with Crippen LogP contribution in [-0.4, -0.2) is 25.3 Å². The molecule has 0 heterocycles. The first-order valence-corrected chi connectivity index (χ1v) is 6.71. The van der Waals surface area contributed by atoms with E-state index in [2.05, 4.69) is 29.3 Å². The number of methoxy groups -OCH3 is 1. The summed E-state index contributed by atoms with van der Waals surface area (Å²) in [5.74, 6) is -0.184. The van der Waals surface area contributed by atoms with E-state index >= 15 is 0 Å². The van der Waals surface area contributed by atoms with Gasteiger partial charge in [0.1, 0.15) is 6.04 Å². The minimum absolute atomic E-state index is 0.110. The molecular weight excluding hydrogens is 250 g/mol. The zero-order valence-corrected chi connectivity index (χ0v) is 12.0. The quantitative estimate of drug-likeness (QED) is 0.630. The number of carbonyl (C=O) groups excluding carboxylic acids is 1. The summed E-state index contributed by atoms with van der Waals surface area (Å²) >= 11 is 0. The standard InChI is InChI=1S/C17H19NO2/c1-12(2)16(17(19)20-3)18-11-13-8-9-14-6-4-5-7-15(14)10-13/h4-12,16H,1-3H3. The zero-order chi connectivity index (χ0) is 14.5. The number of hydrogen-bond donors (Lipinski definition) is 0. The molecule has 1 unspecified atom stereocenters. The van der Waals surface area contributed by atoms with Crippen molar-refractivity contribution in [1.29, 1.82) is 0 Å². The minimum atomic E-state index is -0.452. The first kappa shape index (κ1) is 14.3. The van der Waals surface area contributed by atoms with E-state index in [1.54, 1.807) is 6.21 Å². The smallest absolute Gasteiger partial charge is 0.330 e. The summed E-state index contributed by atoms with van der Waals surface area (Å²) in [7, 11) is 1.39. The summed E-state index contributed by atoms with van der Waals surface area (Å²) in [6, 6.07) is 13.8. The Labute approximate surface area is 119 Å². The highest BCUT2D eigenvalue weighted by Crippen LogP contribution is 2.15. The van der Waals surface area contributed by atoms with Gasteiger partial charge in [-0.05, 0) is 28.3 Å². The van der Waals surface area contributed by atoms with Crippen molar-refractivity contribution in [2.45, 2.75) is 19.9 Å². The Balaban J connectivity index is 2.25. The second-order valence-corrected chi connectivity index (χ2v) is 5.10. The van der Waals surface area contributed by atoms with Gasteiger partial charge in [0.2, 0.25) is 0 Å². The van der Waals surface area contributed by atoms with Gasteiger partial charge in [0.05, 0.1) is 7.11 Å². The van der Waals surface area contributed by atoms with Gasteiger partial charge in [-0.2, -0.15) is 0 Å². The summed E-state index contributed by atoms with van der Waals surface area (Å²) in [5.41, 5.74) is 0.984. The maximum absolute atomic E-state index is 11.7. The zero-order valence-electron chi connectivity index (χ0n) is 12.0. The van der Waals surface area contributed by atoms with E-state index in [4.69, 9.17) is 4.74 Å². The Hall–Kier alpha value is -2.16. The summed E-state index contributed by atoms with van der Waals surface area (Å²) in [4.78, 5) is 16.0. The molecule has 0 amide bonds. The van der Waals surface area contributed by atoms with Crippen molar-refractivity contribution < 1.29 is 9.53 Å². The van der Waals surface area contributed by atoms with Crippen LogP contribution >= 0.6 is 0 Å². The summed E-state index contributed by atoms with van der Waals surface area (Å²) in [5, 5.41) is 2.36. The van der Waals surface area contributed by atoms with Crippen LogP contribution in [0.15, 0.2) is 47.5 Å². The van der Waals surface area contributed by atoms with Crippen molar-refractivity contribution in [2.24, 2.45) is 10.9 Å². The summed E-state index contributed by atoms with van der Waals surface area (Å²) < 4.78 is 4.78. The number of nitrogens with zero attached hydrogens (tertiary/aromatic N) is 1. The van der Waals surface area contributed by atoms with Gasteiger partial charge in [0, 0.05) is 6.21 Å². The van der Waals surface area contributed by atoms with Gasteiger partial charge in [-0.15, -0.1) is 0 Å². The number of esters is 1. The van der Waals surface area contributed by atoms with Crippen molar-refractivity contribution in [3.63, 3.8) is 0 Å². The molecule has 0 bridgehead atoms. The predicted octanol–water partition coefficient (Wildman–Crippen LogP) is 3.46. The van der Waals surface area contributed by atoms with Gasteiger partial charge in [0.25, 0.3) is 0 Å². The molecule has 0 aliphatic carbocycles. The van der Waals surface area contributed by atoms with Crippen LogP contribution < -0.4 is 0 Å². The minimum Gasteiger partial charge on any atom is -0.467 e. The normalized spacial score (nSPS) is 13.0. The Bertz CT molecular complexity index is 632. The average molecular weight is 269 g/mol. The van der Waals surface area contributed by atoms with E-state index in [0.29, 0.717) is 0 Å². The number of aliphatic imine (C=N–C) groups is 1. The fraction of sp³-hybridized carbons (Fsp3) is 0.294. The van der Waals surface area contributed by atoms with Crippen LogP contribution in [0.4, 0.5) is 0 Å². The number of carbonyl (C=O) groups is 1. The first-order chi connectivity index (χ1) is 9.61. The molecule has 20 heavy (non-hydrogen) atoms. The molecule has 0 aliphatic heterocycles. The lowest BCUT2D eigenvalue weighted by Crippen LogP contribution is -2.25. The van der Waals surface area contributed by atoms with Crippen LogP contribution in [0.5, 0.6) is 0 Å². The molecule has 2 rings (SSSR count).